The zero-order chi connectivity index (χ0) is 13.8. The zero-order valence-electron chi connectivity index (χ0n) is 10.6. The summed E-state index contributed by atoms with van der Waals surface area (Å²) in [6.07, 6.45) is -0.818. The Morgan fingerprint density at radius 1 is 1.17 bits per heavy atom. The summed E-state index contributed by atoms with van der Waals surface area (Å²) in [5.74, 6) is -2.26. The number of rotatable bonds is 5. The summed E-state index contributed by atoms with van der Waals surface area (Å²) >= 11 is 0. The predicted octanol–water partition coefficient (Wildman–Crippen LogP) is 2.16. The molecule has 1 aliphatic rings. The SMILES string of the molecule is COC(=O)C(CC(F)F)(C(=O)OC)C1CCCC1. The van der Waals surface area contributed by atoms with Gasteiger partial charge in [0.05, 0.1) is 14.2 Å². The molecule has 0 aliphatic heterocycles. The standard InChI is InChI=1S/C12H18F2O4/c1-17-10(15)12(7-9(13)14,11(16)18-2)8-5-3-4-6-8/h8-9H,3-7H2,1-2H3. The van der Waals surface area contributed by atoms with Gasteiger partial charge < -0.3 is 9.47 Å². The fraction of sp³-hybridized carbons (Fsp3) is 0.833. The molecule has 104 valence electrons. The van der Waals surface area contributed by atoms with Gasteiger partial charge in [-0.25, -0.2) is 8.78 Å². The van der Waals surface area contributed by atoms with E-state index in [9.17, 15) is 18.4 Å². The van der Waals surface area contributed by atoms with Crippen LogP contribution in [0.2, 0.25) is 0 Å². The van der Waals surface area contributed by atoms with Crippen molar-refractivity contribution in [2.45, 2.75) is 38.5 Å². The van der Waals surface area contributed by atoms with E-state index in [2.05, 4.69) is 9.47 Å². The Labute approximate surface area is 105 Å². The second-order valence-corrected chi connectivity index (χ2v) is 4.53. The van der Waals surface area contributed by atoms with Crippen molar-refractivity contribution < 1.29 is 27.8 Å². The first-order valence-electron chi connectivity index (χ1n) is 5.94. The van der Waals surface area contributed by atoms with Crippen molar-refractivity contribution in [2.24, 2.45) is 11.3 Å². The Balaban J connectivity index is 3.14. The number of alkyl halides is 2. The number of hydrogen-bond acceptors (Lipinski definition) is 4. The molecule has 0 saturated heterocycles. The van der Waals surface area contributed by atoms with E-state index >= 15 is 0 Å². The molecule has 4 nitrogen and oxygen atoms in total. The fourth-order valence-electron chi connectivity index (χ4n) is 2.78. The van der Waals surface area contributed by atoms with Gasteiger partial charge in [0.2, 0.25) is 6.43 Å². The molecule has 0 heterocycles. The van der Waals surface area contributed by atoms with Crippen LogP contribution in [0.15, 0.2) is 0 Å². The second-order valence-electron chi connectivity index (χ2n) is 4.53. The molecular formula is C12H18F2O4. The lowest BCUT2D eigenvalue weighted by Crippen LogP contribution is -2.47. The summed E-state index contributed by atoms with van der Waals surface area (Å²) in [7, 11) is 2.20. The van der Waals surface area contributed by atoms with E-state index in [4.69, 9.17) is 0 Å². The Kier molecular flexibility index (Phi) is 5.04. The molecule has 0 aromatic rings. The molecule has 1 fully saturated rings. The molecule has 18 heavy (non-hydrogen) atoms. The van der Waals surface area contributed by atoms with Gasteiger partial charge in [0.1, 0.15) is 0 Å². The van der Waals surface area contributed by atoms with Crippen LogP contribution in [0.5, 0.6) is 0 Å². The number of ether oxygens (including phenoxy) is 2. The van der Waals surface area contributed by atoms with Gasteiger partial charge in [-0.05, 0) is 18.8 Å². The second kappa shape index (κ2) is 6.11. The number of carbonyl (C=O) groups is 2. The van der Waals surface area contributed by atoms with Gasteiger partial charge in [-0.2, -0.15) is 0 Å². The van der Waals surface area contributed by atoms with Gasteiger partial charge in [-0.3, -0.25) is 9.59 Å². The molecule has 1 rings (SSSR count). The molecule has 6 heteroatoms. The van der Waals surface area contributed by atoms with Crippen LogP contribution < -0.4 is 0 Å². The van der Waals surface area contributed by atoms with E-state index in [1.165, 1.54) is 0 Å². The molecular weight excluding hydrogens is 246 g/mol. The van der Waals surface area contributed by atoms with Crippen molar-refractivity contribution in [1.29, 1.82) is 0 Å². The van der Waals surface area contributed by atoms with Crippen molar-refractivity contribution in [3.8, 4) is 0 Å². The number of halogens is 2. The predicted molar refractivity (Wildman–Crippen MR) is 59.0 cm³/mol. The summed E-state index contributed by atoms with van der Waals surface area (Å²) < 4.78 is 34.7. The third-order valence-corrected chi connectivity index (χ3v) is 3.63. The molecule has 0 atom stereocenters. The van der Waals surface area contributed by atoms with Gasteiger partial charge in [0, 0.05) is 6.42 Å². The topological polar surface area (TPSA) is 52.6 Å². The van der Waals surface area contributed by atoms with E-state index in [0.717, 1.165) is 27.1 Å². The molecule has 0 aromatic heterocycles. The van der Waals surface area contributed by atoms with Crippen LogP contribution in [0.4, 0.5) is 8.78 Å². The number of esters is 2. The highest BCUT2D eigenvalue weighted by Gasteiger charge is 2.56. The summed E-state index contributed by atoms with van der Waals surface area (Å²) in [6, 6.07) is 0. The maximum absolute atomic E-state index is 12.8. The van der Waals surface area contributed by atoms with Gasteiger partial charge in [-0.15, -0.1) is 0 Å². The first-order chi connectivity index (χ1) is 8.48. The van der Waals surface area contributed by atoms with Gasteiger partial charge in [0.15, 0.2) is 5.41 Å². The van der Waals surface area contributed by atoms with E-state index < -0.39 is 36.1 Å². The van der Waals surface area contributed by atoms with Crippen LogP contribution in [0.1, 0.15) is 32.1 Å². The van der Waals surface area contributed by atoms with E-state index in [0.29, 0.717) is 12.8 Å². The number of carbonyl (C=O) groups excluding carboxylic acids is 2. The highest BCUT2D eigenvalue weighted by Crippen LogP contribution is 2.45. The minimum atomic E-state index is -2.76. The van der Waals surface area contributed by atoms with E-state index in [-0.39, 0.29) is 0 Å². The van der Waals surface area contributed by atoms with Crippen LogP contribution in [0, 0.1) is 11.3 Å². The first kappa shape index (κ1) is 14.9. The van der Waals surface area contributed by atoms with Crippen LogP contribution >= 0.6 is 0 Å². The van der Waals surface area contributed by atoms with Crippen molar-refractivity contribution in [3.05, 3.63) is 0 Å². The van der Waals surface area contributed by atoms with Crippen LogP contribution in [-0.4, -0.2) is 32.6 Å². The average Bonchev–Trinajstić information content (AvgIpc) is 2.87. The molecule has 0 unspecified atom stereocenters. The van der Waals surface area contributed by atoms with Crippen molar-refractivity contribution >= 4 is 11.9 Å². The van der Waals surface area contributed by atoms with Crippen molar-refractivity contribution in [1.82, 2.24) is 0 Å². The molecule has 0 radical (unpaired) electrons. The average molecular weight is 264 g/mol. The zero-order valence-corrected chi connectivity index (χ0v) is 10.6. The highest BCUT2D eigenvalue weighted by molar-refractivity contribution is 6.00. The quantitative estimate of drug-likeness (QED) is 0.564. The molecule has 0 spiro atoms. The molecule has 0 amide bonds. The third kappa shape index (κ3) is 2.62. The summed E-state index contributed by atoms with van der Waals surface area (Å²) in [5, 5.41) is 0. The Morgan fingerprint density at radius 2 is 1.61 bits per heavy atom. The first-order valence-corrected chi connectivity index (χ1v) is 5.94. The van der Waals surface area contributed by atoms with Gasteiger partial charge in [-0.1, -0.05) is 12.8 Å². The molecule has 1 aliphatic carbocycles. The van der Waals surface area contributed by atoms with Crippen LogP contribution in [0.25, 0.3) is 0 Å². The monoisotopic (exact) mass is 264 g/mol. The largest absolute Gasteiger partial charge is 0.468 e. The minimum Gasteiger partial charge on any atom is -0.468 e. The summed E-state index contributed by atoms with van der Waals surface area (Å²) in [4.78, 5) is 23.8. The van der Waals surface area contributed by atoms with Gasteiger partial charge >= 0.3 is 11.9 Å². The van der Waals surface area contributed by atoms with Crippen LogP contribution in [-0.2, 0) is 19.1 Å². The summed E-state index contributed by atoms with van der Waals surface area (Å²) in [6.45, 7) is 0. The van der Waals surface area contributed by atoms with E-state index in [1.807, 2.05) is 0 Å². The molecule has 0 N–H and O–H groups in total. The molecule has 0 aromatic carbocycles. The molecule has 0 bridgehead atoms. The fourth-order valence-corrected chi connectivity index (χ4v) is 2.78. The third-order valence-electron chi connectivity index (χ3n) is 3.63. The Bertz CT molecular complexity index is 295. The summed E-state index contributed by atoms with van der Waals surface area (Å²) in [5.41, 5.74) is -1.85. The maximum atomic E-state index is 12.8. The van der Waals surface area contributed by atoms with Gasteiger partial charge in [0.25, 0.3) is 0 Å². The minimum absolute atomic E-state index is 0.425. The van der Waals surface area contributed by atoms with Crippen molar-refractivity contribution in [3.63, 3.8) is 0 Å². The lowest BCUT2D eigenvalue weighted by Gasteiger charge is -2.33. The number of hydrogen-bond donors (Lipinski definition) is 0. The normalized spacial score (nSPS) is 16.9. The highest BCUT2D eigenvalue weighted by atomic mass is 19.3. The maximum Gasteiger partial charge on any atom is 0.323 e. The number of methoxy groups -OCH3 is 2. The lowest BCUT2D eigenvalue weighted by molar-refractivity contribution is -0.177. The van der Waals surface area contributed by atoms with E-state index in [1.54, 1.807) is 0 Å². The lowest BCUT2D eigenvalue weighted by atomic mass is 9.71. The Hall–Kier alpha value is -1.20. The van der Waals surface area contributed by atoms with Crippen LogP contribution in [0.3, 0.4) is 0 Å². The smallest absolute Gasteiger partial charge is 0.323 e. The molecule has 1 saturated carbocycles. The van der Waals surface area contributed by atoms with Crippen molar-refractivity contribution in [2.75, 3.05) is 14.2 Å². The Morgan fingerprint density at radius 3 is 1.94 bits per heavy atom.